The lowest BCUT2D eigenvalue weighted by atomic mass is 10.1. The number of carbonyl (C=O) groups excluding carboxylic acids is 2. The highest BCUT2D eigenvalue weighted by Crippen LogP contribution is 2.38. The number of nitrogens with zero attached hydrogens (tertiary/aromatic N) is 2. The molecule has 32 heavy (non-hydrogen) atoms. The Kier molecular flexibility index (Phi) is 5.77. The summed E-state index contributed by atoms with van der Waals surface area (Å²) in [5.41, 5.74) is 2.30. The van der Waals surface area contributed by atoms with Crippen LogP contribution in [0.25, 0.3) is 20.3 Å². The summed E-state index contributed by atoms with van der Waals surface area (Å²) < 4.78 is 12.9. The van der Waals surface area contributed by atoms with E-state index in [4.69, 9.17) is 9.47 Å². The Labute approximate surface area is 192 Å². The topological polar surface area (TPSA) is 80.8 Å². The van der Waals surface area contributed by atoms with Gasteiger partial charge in [-0.15, -0.1) is 22.7 Å². The van der Waals surface area contributed by atoms with E-state index in [0.717, 1.165) is 33.6 Å². The molecule has 2 aromatic heterocycles. The second kappa shape index (κ2) is 8.85. The molecule has 0 bridgehead atoms. The zero-order valence-corrected chi connectivity index (χ0v) is 19.1. The van der Waals surface area contributed by atoms with Gasteiger partial charge in [0.25, 0.3) is 5.91 Å². The van der Waals surface area contributed by atoms with Crippen LogP contribution in [0.1, 0.15) is 20.2 Å². The van der Waals surface area contributed by atoms with E-state index in [0.29, 0.717) is 35.1 Å². The van der Waals surface area contributed by atoms with Crippen molar-refractivity contribution in [2.24, 2.45) is 0 Å². The van der Waals surface area contributed by atoms with E-state index in [1.165, 1.54) is 22.7 Å². The number of thiophene rings is 1. The van der Waals surface area contributed by atoms with E-state index in [2.05, 4.69) is 15.2 Å². The van der Waals surface area contributed by atoms with Crippen molar-refractivity contribution in [2.75, 3.05) is 44.9 Å². The SMILES string of the molecule is COc1ccc(N2CCOCC2)c2sc(C(=O)NCC(=O)c3csc4ccccc34)nc12. The van der Waals surface area contributed by atoms with Crippen molar-refractivity contribution in [2.45, 2.75) is 0 Å². The molecule has 1 amide bonds. The number of morpholine rings is 1. The highest BCUT2D eigenvalue weighted by molar-refractivity contribution is 7.21. The molecule has 2 aromatic carbocycles. The Hall–Kier alpha value is -3.01. The average Bonchev–Trinajstić information content (AvgIpc) is 3.47. The molecule has 3 heterocycles. The lowest BCUT2D eigenvalue weighted by Crippen LogP contribution is -2.36. The summed E-state index contributed by atoms with van der Waals surface area (Å²) in [6, 6.07) is 11.6. The number of fused-ring (bicyclic) bond motifs is 2. The highest BCUT2D eigenvalue weighted by atomic mass is 32.1. The Balaban J connectivity index is 1.38. The van der Waals surface area contributed by atoms with Crippen molar-refractivity contribution < 1.29 is 19.1 Å². The fraction of sp³-hybridized carbons (Fsp3) is 0.261. The number of thiazole rings is 1. The predicted molar refractivity (Wildman–Crippen MR) is 128 cm³/mol. The van der Waals surface area contributed by atoms with Crippen LogP contribution in [0.5, 0.6) is 5.75 Å². The van der Waals surface area contributed by atoms with E-state index >= 15 is 0 Å². The number of benzene rings is 2. The molecule has 5 rings (SSSR count). The molecule has 1 aliphatic heterocycles. The molecule has 1 N–H and O–H groups in total. The number of carbonyl (C=O) groups is 2. The number of hydrogen-bond donors (Lipinski definition) is 1. The van der Waals surface area contributed by atoms with Crippen molar-refractivity contribution in [3.8, 4) is 5.75 Å². The van der Waals surface area contributed by atoms with Crippen molar-refractivity contribution >= 4 is 60.4 Å². The Morgan fingerprint density at radius 2 is 2.00 bits per heavy atom. The van der Waals surface area contributed by atoms with Crippen LogP contribution >= 0.6 is 22.7 Å². The van der Waals surface area contributed by atoms with Crippen LogP contribution in [0.2, 0.25) is 0 Å². The largest absolute Gasteiger partial charge is 0.494 e. The maximum atomic E-state index is 12.9. The lowest BCUT2D eigenvalue weighted by molar-refractivity contribution is 0.0905. The van der Waals surface area contributed by atoms with Gasteiger partial charge in [-0.05, 0) is 18.2 Å². The average molecular weight is 468 g/mol. The summed E-state index contributed by atoms with van der Waals surface area (Å²) in [6.45, 7) is 2.81. The Morgan fingerprint density at radius 1 is 1.19 bits per heavy atom. The van der Waals surface area contributed by atoms with Gasteiger partial charge in [-0.25, -0.2) is 4.98 Å². The van der Waals surface area contributed by atoms with Gasteiger partial charge < -0.3 is 19.7 Å². The van der Waals surface area contributed by atoms with Crippen LogP contribution in [0, 0.1) is 0 Å². The number of hydrogen-bond acceptors (Lipinski definition) is 8. The van der Waals surface area contributed by atoms with Gasteiger partial charge in [0, 0.05) is 34.1 Å². The second-order valence-electron chi connectivity index (χ2n) is 7.33. The zero-order valence-electron chi connectivity index (χ0n) is 17.4. The molecule has 7 nitrogen and oxygen atoms in total. The van der Waals surface area contributed by atoms with E-state index < -0.39 is 0 Å². The second-order valence-corrected chi connectivity index (χ2v) is 9.24. The van der Waals surface area contributed by atoms with E-state index in [1.54, 1.807) is 7.11 Å². The van der Waals surface area contributed by atoms with E-state index in [9.17, 15) is 9.59 Å². The number of amides is 1. The Bertz CT molecular complexity index is 1310. The van der Waals surface area contributed by atoms with Crippen LogP contribution in [-0.2, 0) is 4.74 Å². The minimum absolute atomic E-state index is 0.0804. The molecule has 0 spiro atoms. The zero-order chi connectivity index (χ0) is 22.1. The van der Waals surface area contributed by atoms with Gasteiger partial charge >= 0.3 is 0 Å². The van der Waals surface area contributed by atoms with Crippen LogP contribution in [0.4, 0.5) is 5.69 Å². The number of anilines is 1. The van der Waals surface area contributed by atoms with Crippen LogP contribution in [0.3, 0.4) is 0 Å². The summed E-state index contributed by atoms with van der Waals surface area (Å²) >= 11 is 2.84. The third-order valence-corrected chi connectivity index (χ3v) is 7.48. The number of ether oxygens (including phenoxy) is 2. The fourth-order valence-corrected chi connectivity index (χ4v) is 5.82. The molecule has 0 aliphatic carbocycles. The van der Waals surface area contributed by atoms with E-state index in [-0.39, 0.29) is 18.2 Å². The lowest BCUT2D eigenvalue weighted by Gasteiger charge is -2.29. The first-order valence-corrected chi connectivity index (χ1v) is 11.9. The van der Waals surface area contributed by atoms with Crippen molar-refractivity contribution in [3.05, 3.63) is 52.3 Å². The molecule has 1 aliphatic rings. The third-order valence-electron chi connectivity index (χ3n) is 5.44. The smallest absolute Gasteiger partial charge is 0.280 e. The van der Waals surface area contributed by atoms with E-state index in [1.807, 2.05) is 41.8 Å². The maximum absolute atomic E-state index is 12.9. The third kappa shape index (κ3) is 3.83. The van der Waals surface area contributed by atoms with Crippen LogP contribution in [-0.4, -0.2) is 56.6 Å². The number of methoxy groups -OCH3 is 1. The highest BCUT2D eigenvalue weighted by Gasteiger charge is 2.22. The molecule has 164 valence electrons. The van der Waals surface area contributed by atoms with Crippen molar-refractivity contribution in [3.63, 3.8) is 0 Å². The molecular formula is C23H21N3O4S2. The van der Waals surface area contributed by atoms with Gasteiger partial charge in [-0.3, -0.25) is 9.59 Å². The number of aromatic nitrogens is 1. The summed E-state index contributed by atoms with van der Waals surface area (Å²) in [5, 5.41) is 5.80. The first kappa shape index (κ1) is 20.9. The fourth-order valence-electron chi connectivity index (χ4n) is 3.81. The quantitative estimate of drug-likeness (QED) is 0.432. The molecule has 0 radical (unpaired) electrons. The number of nitrogens with one attached hydrogen (secondary N) is 1. The van der Waals surface area contributed by atoms with Gasteiger partial charge in [0.2, 0.25) is 0 Å². The van der Waals surface area contributed by atoms with Gasteiger partial charge in [-0.1, -0.05) is 18.2 Å². The monoisotopic (exact) mass is 467 g/mol. The predicted octanol–water partition coefficient (Wildman–Crippen LogP) is 3.97. The molecule has 0 unspecified atom stereocenters. The molecule has 0 saturated carbocycles. The molecule has 4 aromatic rings. The van der Waals surface area contributed by atoms with Gasteiger partial charge in [0.05, 0.1) is 37.3 Å². The summed E-state index contributed by atoms with van der Waals surface area (Å²) in [5.74, 6) is 0.130. The molecule has 0 atom stereocenters. The van der Waals surface area contributed by atoms with Gasteiger partial charge in [0.15, 0.2) is 10.8 Å². The van der Waals surface area contributed by atoms with Crippen LogP contribution in [0.15, 0.2) is 41.8 Å². The molecule has 1 fully saturated rings. The van der Waals surface area contributed by atoms with Gasteiger partial charge in [0.1, 0.15) is 11.3 Å². The number of ketones is 1. The minimum atomic E-state index is -0.367. The van der Waals surface area contributed by atoms with Crippen molar-refractivity contribution in [1.29, 1.82) is 0 Å². The summed E-state index contributed by atoms with van der Waals surface area (Å²) in [4.78, 5) is 32.4. The van der Waals surface area contributed by atoms with Crippen molar-refractivity contribution in [1.82, 2.24) is 10.3 Å². The summed E-state index contributed by atoms with van der Waals surface area (Å²) in [7, 11) is 1.59. The molecule has 1 saturated heterocycles. The standard InChI is InChI=1S/C23H21N3O4S2/c1-29-18-7-6-16(26-8-10-30-11-9-26)21-20(18)25-23(32-21)22(28)24-12-17(27)15-13-31-19-5-3-2-4-14(15)19/h2-7,13H,8-12H2,1H3,(H,24,28). The molecule has 9 heteroatoms. The van der Waals surface area contributed by atoms with Crippen LogP contribution < -0.4 is 15.0 Å². The maximum Gasteiger partial charge on any atom is 0.280 e. The first-order valence-electron chi connectivity index (χ1n) is 10.2. The first-order chi connectivity index (χ1) is 15.7. The minimum Gasteiger partial charge on any atom is -0.494 e. The summed E-state index contributed by atoms with van der Waals surface area (Å²) in [6.07, 6.45) is 0. The Morgan fingerprint density at radius 3 is 2.81 bits per heavy atom. The number of rotatable bonds is 6. The molecular weight excluding hydrogens is 446 g/mol. The number of Topliss-reactive ketones (excluding diaryl/α,β-unsaturated/α-hetero) is 1. The normalized spacial score (nSPS) is 14.1. The van der Waals surface area contributed by atoms with Gasteiger partial charge in [-0.2, -0.15) is 0 Å².